The van der Waals surface area contributed by atoms with E-state index in [0.717, 1.165) is 21.1 Å². The summed E-state index contributed by atoms with van der Waals surface area (Å²) in [5.41, 5.74) is 2.40. The Morgan fingerprint density at radius 1 is 1.00 bits per heavy atom. The van der Waals surface area contributed by atoms with E-state index in [1.807, 2.05) is 31.2 Å². The Balaban J connectivity index is 1.58. The van der Waals surface area contributed by atoms with Crippen LogP contribution in [0.25, 0.3) is 10.6 Å². The maximum atomic E-state index is 12.0. The quantitative estimate of drug-likeness (QED) is 0.566. The predicted molar refractivity (Wildman–Crippen MR) is 117 cm³/mol. The maximum Gasteiger partial charge on any atom is 0.313 e. The van der Waals surface area contributed by atoms with E-state index in [1.54, 1.807) is 49.8 Å². The van der Waals surface area contributed by atoms with Crippen LogP contribution in [0.4, 0.5) is 5.69 Å². The molecule has 0 saturated heterocycles. The molecule has 0 bridgehead atoms. The minimum Gasteiger partial charge on any atom is -0.493 e. The third-order valence-corrected chi connectivity index (χ3v) is 5.66. The molecule has 0 aliphatic rings. The normalized spacial score (nSPS) is 10.4. The first-order valence-corrected chi connectivity index (χ1v) is 10.2. The molecule has 2 N–H and O–H groups in total. The maximum absolute atomic E-state index is 12.0. The summed E-state index contributed by atoms with van der Waals surface area (Å²) in [5.74, 6) is -0.0540. The molecule has 0 aliphatic carbocycles. The number of thiazole rings is 1. The van der Waals surface area contributed by atoms with Gasteiger partial charge in [-0.05, 0) is 37.3 Å². The van der Waals surface area contributed by atoms with E-state index in [-0.39, 0.29) is 0 Å². The van der Waals surface area contributed by atoms with Gasteiger partial charge in [-0.25, -0.2) is 4.98 Å². The third-order valence-electron chi connectivity index (χ3n) is 4.40. The number of methoxy groups -OCH3 is 2. The van der Waals surface area contributed by atoms with Gasteiger partial charge in [-0.2, -0.15) is 0 Å². The second-order valence-electron chi connectivity index (χ2n) is 6.42. The van der Waals surface area contributed by atoms with E-state index in [1.165, 1.54) is 0 Å². The molecular weight excluding hydrogens is 402 g/mol. The van der Waals surface area contributed by atoms with Gasteiger partial charge in [0.2, 0.25) is 0 Å². The number of ether oxygens (including phenoxy) is 2. The highest BCUT2D eigenvalue weighted by Crippen LogP contribution is 2.35. The van der Waals surface area contributed by atoms with Crippen LogP contribution in [0, 0.1) is 6.92 Å². The van der Waals surface area contributed by atoms with Crippen LogP contribution in [-0.2, 0) is 16.0 Å². The Labute approximate surface area is 179 Å². The smallest absolute Gasteiger partial charge is 0.313 e. The molecule has 0 aliphatic heterocycles. The van der Waals surface area contributed by atoms with E-state index < -0.39 is 11.8 Å². The van der Waals surface area contributed by atoms with Crippen LogP contribution in [0.15, 0.2) is 48.5 Å². The van der Waals surface area contributed by atoms with Crippen LogP contribution in [-0.4, -0.2) is 37.6 Å². The van der Waals surface area contributed by atoms with Crippen molar-refractivity contribution in [2.75, 3.05) is 26.1 Å². The lowest BCUT2D eigenvalue weighted by atomic mass is 10.2. The van der Waals surface area contributed by atoms with Crippen LogP contribution >= 0.6 is 11.3 Å². The number of anilines is 1. The summed E-state index contributed by atoms with van der Waals surface area (Å²) in [6.45, 7) is 2.27. The van der Waals surface area contributed by atoms with Crippen molar-refractivity contribution in [3.63, 3.8) is 0 Å². The van der Waals surface area contributed by atoms with Gasteiger partial charge >= 0.3 is 11.8 Å². The summed E-state index contributed by atoms with van der Waals surface area (Å²) < 4.78 is 10.6. The van der Waals surface area contributed by atoms with Crippen molar-refractivity contribution in [1.29, 1.82) is 0 Å². The second kappa shape index (κ2) is 9.89. The Morgan fingerprint density at radius 2 is 1.73 bits per heavy atom. The Bertz CT molecular complexity index is 1030. The number of hydrogen-bond donors (Lipinski definition) is 2. The number of benzene rings is 2. The Kier molecular flexibility index (Phi) is 7.03. The van der Waals surface area contributed by atoms with Crippen molar-refractivity contribution in [1.82, 2.24) is 10.3 Å². The SMILES string of the molecule is COc1ccc(-c2nc(C)c(CCNC(=O)C(=O)Nc3ccccc3)s2)cc1OC. The number of aryl methyl sites for hydroxylation is 1. The zero-order valence-corrected chi connectivity index (χ0v) is 17.8. The van der Waals surface area contributed by atoms with Crippen molar-refractivity contribution < 1.29 is 19.1 Å². The number of rotatable bonds is 7. The summed E-state index contributed by atoms with van der Waals surface area (Å²) in [4.78, 5) is 29.7. The van der Waals surface area contributed by atoms with Crippen molar-refractivity contribution >= 4 is 28.8 Å². The zero-order valence-electron chi connectivity index (χ0n) is 17.0. The number of aromatic nitrogens is 1. The number of nitrogens with one attached hydrogen (secondary N) is 2. The molecule has 30 heavy (non-hydrogen) atoms. The molecule has 3 rings (SSSR count). The van der Waals surface area contributed by atoms with Gasteiger partial charge in [0.15, 0.2) is 11.5 Å². The van der Waals surface area contributed by atoms with Crippen LogP contribution < -0.4 is 20.1 Å². The van der Waals surface area contributed by atoms with E-state index in [2.05, 4.69) is 15.6 Å². The van der Waals surface area contributed by atoms with Gasteiger partial charge in [-0.1, -0.05) is 18.2 Å². The molecule has 156 valence electrons. The molecule has 1 aromatic heterocycles. The molecule has 2 amide bonds. The number of para-hydroxylation sites is 1. The highest BCUT2D eigenvalue weighted by atomic mass is 32.1. The minimum absolute atomic E-state index is 0.343. The Morgan fingerprint density at radius 3 is 2.43 bits per heavy atom. The monoisotopic (exact) mass is 425 g/mol. The molecule has 3 aromatic rings. The van der Waals surface area contributed by atoms with E-state index >= 15 is 0 Å². The number of carbonyl (C=O) groups is 2. The van der Waals surface area contributed by atoms with Gasteiger partial charge in [0.25, 0.3) is 0 Å². The van der Waals surface area contributed by atoms with Gasteiger partial charge in [0.05, 0.1) is 19.9 Å². The predicted octanol–water partition coefficient (Wildman–Crippen LogP) is 3.43. The van der Waals surface area contributed by atoms with Gasteiger partial charge in [-0.3, -0.25) is 9.59 Å². The molecule has 0 saturated carbocycles. The summed E-state index contributed by atoms with van der Waals surface area (Å²) in [6.07, 6.45) is 0.584. The van der Waals surface area contributed by atoms with Crippen molar-refractivity contribution in [2.24, 2.45) is 0 Å². The summed E-state index contributed by atoms with van der Waals surface area (Å²) in [5, 5.41) is 6.07. The van der Waals surface area contributed by atoms with Crippen LogP contribution in [0.1, 0.15) is 10.6 Å². The molecule has 0 spiro atoms. The molecule has 0 unspecified atom stereocenters. The molecule has 0 atom stereocenters. The lowest BCUT2D eigenvalue weighted by molar-refractivity contribution is -0.136. The highest BCUT2D eigenvalue weighted by Gasteiger charge is 2.15. The summed E-state index contributed by atoms with van der Waals surface area (Å²) in [6, 6.07) is 14.5. The molecule has 8 heteroatoms. The Hall–Kier alpha value is -3.39. The molecule has 0 radical (unpaired) electrons. The average molecular weight is 426 g/mol. The van der Waals surface area contributed by atoms with Crippen LogP contribution in [0.3, 0.4) is 0 Å². The van der Waals surface area contributed by atoms with Gasteiger partial charge in [0.1, 0.15) is 5.01 Å². The van der Waals surface area contributed by atoms with E-state index in [0.29, 0.717) is 30.2 Å². The zero-order chi connectivity index (χ0) is 21.5. The third kappa shape index (κ3) is 5.15. The van der Waals surface area contributed by atoms with Gasteiger partial charge < -0.3 is 20.1 Å². The highest BCUT2D eigenvalue weighted by molar-refractivity contribution is 7.15. The lowest BCUT2D eigenvalue weighted by Crippen LogP contribution is -2.36. The lowest BCUT2D eigenvalue weighted by Gasteiger charge is -2.08. The number of hydrogen-bond acceptors (Lipinski definition) is 6. The first-order chi connectivity index (χ1) is 14.5. The molecular formula is C22H23N3O4S. The topological polar surface area (TPSA) is 89.5 Å². The first kappa shape index (κ1) is 21.3. The summed E-state index contributed by atoms with van der Waals surface area (Å²) in [7, 11) is 3.19. The molecule has 7 nitrogen and oxygen atoms in total. The van der Waals surface area contributed by atoms with E-state index in [4.69, 9.17) is 9.47 Å². The fourth-order valence-corrected chi connectivity index (χ4v) is 3.89. The van der Waals surface area contributed by atoms with Gasteiger partial charge in [-0.15, -0.1) is 11.3 Å². The van der Waals surface area contributed by atoms with Crippen molar-refractivity contribution in [3.8, 4) is 22.1 Å². The van der Waals surface area contributed by atoms with Gasteiger partial charge in [0, 0.05) is 29.1 Å². The fraction of sp³-hybridized carbons (Fsp3) is 0.227. The molecule has 2 aromatic carbocycles. The second-order valence-corrected chi connectivity index (χ2v) is 7.51. The van der Waals surface area contributed by atoms with Crippen LogP contribution in [0.2, 0.25) is 0 Å². The largest absolute Gasteiger partial charge is 0.493 e. The molecule has 1 heterocycles. The minimum atomic E-state index is -0.687. The fourth-order valence-electron chi connectivity index (χ4n) is 2.83. The summed E-state index contributed by atoms with van der Waals surface area (Å²) >= 11 is 1.55. The average Bonchev–Trinajstić information content (AvgIpc) is 3.14. The van der Waals surface area contributed by atoms with Crippen molar-refractivity contribution in [2.45, 2.75) is 13.3 Å². The number of nitrogens with zero attached hydrogens (tertiary/aromatic N) is 1. The standard InChI is InChI=1S/C22H23N3O4S/c1-14-19(11-12-23-20(26)21(27)25-16-7-5-4-6-8-16)30-22(24-14)15-9-10-17(28-2)18(13-15)29-3/h4-10,13H,11-12H2,1-3H3,(H,23,26)(H,25,27). The van der Waals surface area contributed by atoms with Crippen molar-refractivity contribution in [3.05, 3.63) is 59.1 Å². The first-order valence-electron chi connectivity index (χ1n) is 9.34. The van der Waals surface area contributed by atoms with E-state index in [9.17, 15) is 9.59 Å². The molecule has 0 fully saturated rings. The van der Waals surface area contributed by atoms with Crippen LogP contribution in [0.5, 0.6) is 11.5 Å². The number of amides is 2. The number of carbonyl (C=O) groups excluding carboxylic acids is 2.